The second-order valence-corrected chi connectivity index (χ2v) is 7.63. The number of hydrogen-bond acceptors (Lipinski definition) is 4. The summed E-state index contributed by atoms with van der Waals surface area (Å²) in [6.07, 6.45) is 3.06. The van der Waals surface area contributed by atoms with E-state index in [2.05, 4.69) is 47.5 Å². The lowest BCUT2D eigenvalue weighted by Gasteiger charge is -2.38. The minimum absolute atomic E-state index is 0.110. The quantitative estimate of drug-likeness (QED) is 0.668. The molecule has 0 radical (unpaired) electrons. The summed E-state index contributed by atoms with van der Waals surface area (Å²) in [6.45, 7) is 4.87. The fourth-order valence-electron chi connectivity index (χ4n) is 3.99. The Labute approximate surface area is 162 Å². The van der Waals surface area contributed by atoms with Crippen LogP contribution in [-0.4, -0.2) is 47.4 Å². The van der Waals surface area contributed by atoms with E-state index in [0.29, 0.717) is 6.54 Å². The Morgan fingerprint density at radius 1 is 1.04 bits per heavy atom. The van der Waals surface area contributed by atoms with E-state index in [1.54, 1.807) is 0 Å². The van der Waals surface area contributed by atoms with Crippen LogP contribution in [0, 0.1) is 5.92 Å². The second-order valence-electron chi connectivity index (χ2n) is 7.63. The molecule has 1 saturated heterocycles. The molecular formula is C23H32N2O2. The Balaban J connectivity index is 1.50. The fourth-order valence-corrected chi connectivity index (χ4v) is 3.99. The van der Waals surface area contributed by atoms with E-state index in [1.165, 1.54) is 18.4 Å². The van der Waals surface area contributed by atoms with Crippen molar-refractivity contribution in [1.29, 1.82) is 0 Å². The molecule has 0 aromatic heterocycles. The van der Waals surface area contributed by atoms with Gasteiger partial charge in [-0.15, -0.1) is 0 Å². The van der Waals surface area contributed by atoms with E-state index in [0.717, 1.165) is 36.7 Å². The largest absolute Gasteiger partial charge is 0.395 e. The van der Waals surface area contributed by atoms with E-state index in [1.807, 2.05) is 24.3 Å². The zero-order valence-electron chi connectivity index (χ0n) is 16.2. The summed E-state index contributed by atoms with van der Waals surface area (Å²) in [4.78, 5) is 2.42. The van der Waals surface area contributed by atoms with Gasteiger partial charge in [0.25, 0.3) is 0 Å². The third-order valence-electron chi connectivity index (χ3n) is 5.74. The molecule has 0 spiro atoms. The normalized spacial score (nSPS) is 18.2. The summed E-state index contributed by atoms with van der Waals surface area (Å²) in [5.41, 5.74) is 3.34. The van der Waals surface area contributed by atoms with Crippen LogP contribution in [0.25, 0.3) is 0 Å². The van der Waals surface area contributed by atoms with Gasteiger partial charge in [-0.2, -0.15) is 0 Å². The molecule has 1 fully saturated rings. The Morgan fingerprint density at radius 3 is 2.33 bits per heavy atom. The molecule has 0 amide bonds. The topological polar surface area (TPSA) is 55.7 Å². The molecule has 2 aromatic carbocycles. The number of aliphatic hydroxyl groups excluding tert-OH is 2. The SMILES string of the molecule is C[C@H]([C@H](O)c1ccc(NCCO)cc1)N1CCC(Cc2ccccc2)CC1. The van der Waals surface area contributed by atoms with Crippen molar-refractivity contribution in [3.05, 3.63) is 65.7 Å². The van der Waals surface area contributed by atoms with Gasteiger partial charge in [0.1, 0.15) is 0 Å². The lowest BCUT2D eigenvalue weighted by atomic mass is 9.89. The average Bonchev–Trinajstić information content (AvgIpc) is 2.73. The summed E-state index contributed by atoms with van der Waals surface area (Å²) in [6, 6.07) is 18.7. The van der Waals surface area contributed by atoms with Crippen LogP contribution in [-0.2, 0) is 6.42 Å². The summed E-state index contributed by atoms with van der Waals surface area (Å²) in [5.74, 6) is 0.741. The van der Waals surface area contributed by atoms with Gasteiger partial charge in [-0.05, 0) is 68.5 Å². The molecule has 1 heterocycles. The molecule has 27 heavy (non-hydrogen) atoms. The number of nitrogens with zero attached hydrogens (tertiary/aromatic N) is 1. The third kappa shape index (κ3) is 5.55. The summed E-state index contributed by atoms with van der Waals surface area (Å²) < 4.78 is 0. The predicted octanol–water partition coefficient (Wildman–Crippen LogP) is 3.47. The minimum atomic E-state index is -0.484. The first-order valence-electron chi connectivity index (χ1n) is 10.1. The molecule has 0 saturated carbocycles. The Morgan fingerprint density at radius 2 is 1.70 bits per heavy atom. The molecule has 3 rings (SSSR count). The molecule has 1 aliphatic rings. The van der Waals surface area contributed by atoms with Gasteiger partial charge in [0.15, 0.2) is 0 Å². The van der Waals surface area contributed by atoms with Crippen LogP contribution in [0.2, 0.25) is 0 Å². The van der Waals surface area contributed by atoms with Crippen molar-refractivity contribution in [2.75, 3.05) is 31.6 Å². The second kappa shape index (κ2) is 9.88. The highest BCUT2D eigenvalue weighted by Gasteiger charge is 2.27. The molecule has 0 aliphatic carbocycles. The number of hydrogen-bond donors (Lipinski definition) is 3. The highest BCUT2D eigenvalue weighted by molar-refractivity contribution is 5.45. The van der Waals surface area contributed by atoms with Gasteiger partial charge in [-0.1, -0.05) is 42.5 Å². The molecule has 2 atom stereocenters. The predicted molar refractivity (Wildman–Crippen MR) is 111 cm³/mol. The molecule has 4 heteroatoms. The monoisotopic (exact) mass is 368 g/mol. The maximum Gasteiger partial charge on any atom is 0.0942 e. The van der Waals surface area contributed by atoms with Gasteiger partial charge < -0.3 is 15.5 Å². The van der Waals surface area contributed by atoms with E-state index >= 15 is 0 Å². The summed E-state index contributed by atoms with van der Waals surface area (Å²) in [7, 11) is 0. The number of aliphatic hydroxyl groups is 2. The molecule has 0 unspecified atom stereocenters. The van der Waals surface area contributed by atoms with Crippen LogP contribution in [0.15, 0.2) is 54.6 Å². The lowest BCUT2D eigenvalue weighted by Crippen LogP contribution is -2.43. The van der Waals surface area contributed by atoms with Crippen molar-refractivity contribution >= 4 is 5.69 Å². The molecule has 146 valence electrons. The fraction of sp³-hybridized carbons (Fsp3) is 0.478. The van der Waals surface area contributed by atoms with E-state index < -0.39 is 6.10 Å². The zero-order valence-corrected chi connectivity index (χ0v) is 16.2. The Bertz CT molecular complexity index is 667. The molecular weight excluding hydrogens is 336 g/mol. The van der Waals surface area contributed by atoms with Crippen LogP contribution in [0.5, 0.6) is 0 Å². The zero-order chi connectivity index (χ0) is 19.1. The van der Waals surface area contributed by atoms with Crippen molar-refractivity contribution in [2.45, 2.75) is 38.3 Å². The first-order valence-corrected chi connectivity index (χ1v) is 10.1. The number of benzene rings is 2. The van der Waals surface area contributed by atoms with Gasteiger partial charge in [-0.25, -0.2) is 0 Å². The van der Waals surface area contributed by atoms with Gasteiger partial charge in [0.05, 0.1) is 12.7 Å². The van der Waals surface area contributed by atoms with Crippen LogP contribution >= 0.6 is 0 Å². The van der Waals surface area contributed by atoms with Crippen LogP contribution in [0.3, 0.4) is 0 Å². The summed E-state index contributed by atoms with van der Waals surface area (Å²) >= 11 is 0. The molecule has 0 bridgehead atoms. The number of anilines is 1. The Kier molecular flexibility index (Phi) is 7.27. The van der Waals surface area contributed by atoms with Gasteiger partial charge in [0.2, 0.25) is 0 Å². The molecule has 3 N–H and O–H groups in total. The molecule has 2 aromatic rings. The number of nitrogens with one attached hydrogen (secondary N) is 1. The first kappa shape index (κ1) is 19.9. The summed E-state index contributed by atoms with van der Waals surface area (Å²) in [5, 5.41) is 22.8. The van der Waals surface area contributed by atoms with E-state index in [-0.39, 0.29) is 12.6 Å². The number of likely N-dealkylation sites (tertiary alicyclic amines) is 1. The highest BCUT2D eigenvalue weighted by Crippen LogP contribution is 2.28. The van der Waals surface area contributed by atoms with Crippen molar-refractivity contribution in [3.63, 3.8) is 0 Å². The standard InChI is InChI=1S/C23H32N2O2/c1-18(23(27)21-7-9-22(10-8-21)24-13-16-26)25-14-11-20(12-15-25)17-19-5-3-2-4-6-19/h2-10,18,20,23-24,26-27H,11-17H2,1H3/t18-,23+/m1/s1. The van der Waals surface area contributed by atoms with Crippen LogP contribution in [0.1, 0.15) is 37.0 Å². The van der Waals surface area contributed by atoms with Gasteiger partial charge in [-0.3, -0.25) is 4.90 Å². The van der Waals surface area contributed by atoms with Crippen molar-refractivity contribution < 1.29 is 10.2 Å². The third-order valence-corrected chi connectivity index (χ3v) is 5.74. The van der Waals surface area contributed by atoms with E-state index in [9.17, 15) is 5.11 Å². The van der Waals surface area contributed by atoms with Crippen LogP contribution < -0.4 is 5.32 Å². The van der Waals surface area contributed by atoms with Crippen molar-refractivity contribution in [2.24, 2.45) is 5.92 Å². The van der Waals surface area contributed by atoms with E-state index in [4.69, 9.17) is 5.11 Å². The lowest BCUT2D eigenvalue weighted by molar-refractivity contribution is 0.0373. The van der Waals surface area contributed by atoms with Crippen molar-refractivity contribution in [3.8, 4) is 0 Å². The average molecular weight is 369 g/mol. The number of rotatable bonds is 8. The minimum Gasteiger partial charge on any atom is -0.395 e. The van der Waals surface area contributed by atoms with Crippen molar-refractivity contribution in [1.82, 2.24) is 4.90 Å². The first-order chi connectivity index (χ1) is 13.2. The van der Waals surface area contributed by atoms with Crippen LogP contribution in [0.4, 0.5) is 5.69 Å². The molecule has 4 nitrogen and oxygen atoms in total. The maximum atomic E-state index is 10.8. The molecule has 1 aliphatic heterocycles. The Hall–Kier alpha value is -1.88. The maximum absolute atomic E-state index is 10.8. The van der Waals surface area contributed by atoms with Gasteiger partial charge >= 0.3 is 0 Å². The smallest absolute Gasteiger partial charge is 0.0942 e. The highest BCUT2D eigenvalue weighted by atomic mass is 16.3. The number of piperidine rings is 1. The van der Waals surface area contributed by atoms with Gasteiger partial charge in [0, 0.05) is 18.3 Å².